The largest absolute Gasteiger partial charge is 0.494 e. The van der Waals surface area contributed by atoms with Crippen LogP contribution in [0.4, 0.5) is 0 Å². The Morgan fingerprint density at radius 1 is 1.00 bits per heavy atom. The molecule has 0 bridgehead atoms. The minimum Gasteiger partial charge on any atom is -0.494 e. The number of rotatable bonds is 8. The Morgan fingerprint density at radius 2 is 1.70 bits per heavy atom. The summed E-state index contributed by atoms with van der Waals surface area (Å²) in [6.07, 6.45) is 2.02. The summed E-state index contributed by atoms with van der Waals surface area (Å²) in [6, 6.07) is 18.9. The number of hydrogen-bond donors (Lipinski definition) is 2. The summed E-state index contributed by atoms with van der Waals surface area (Å²) in [4.78, 5) is 4.82. The molecule has 0 atom stereocenters. The quantitative estimate of drug-likeness (QED) is 0.304. The molecule has 30 heavy (non-hydrogen) atoms. The van der Waals surface area contributed by atoms with Crippen LogP contribution in [0.3, 0.4) is 0 Å². The van der Waals surface area contributed by atoms with Crippen molar-refractivity contribution in [3.05, 3.63) is 65.7 Å². The van der Waals surface area contributed by atoms with Gasteiger partial charge in [0.25, 0.3) is 0 Å². The second-order valence-electron chi connectivity index (χ2n) is 7.35. The number of aliphatic imine (C=N–C) groups is 1. The highest BCUT2D eigenvalue weighted by molar-refractivity contribution is 14.0. The molecule has 2 N–H and O–H groups in total. The maximum atomic E-state index is 5.73. The predicted molar refractivity (Wildman–Crippen MR) is 134 cm³/mol. The van der Waals surface area contributed by atoms with Crippen LogP contribution in [0, 0.1) is 0 Å². The zero-order valence-electron chi connectivity index (χ0n) is 18.0. The van der Waals surface area contributed by atoms with Gasteiger partial charge in [-0.25, -0.2) is 4.99 Å². The topological polar surface area (TPSA) is 54.9 Å². The molecule has 0 aliphatic carbocycles. The fraction of sp³-hybridized carbons (Fsp3) is 0.458. The third kappa shape index (κ3) is 6.60. The summed E-state index contributed by atoms with van der Waals surface area (Å²) < 4.78 is 11.4. The molecule has 164 valence electrons. The highest BCUT2D eigenvalue weighted by atomic mass is 127. The maximum absolute atomic E-state index is 5.73. The van der Waals surface area contributed by atoms with Crippen molar-refractivity contribution < 1.29 is 9.47 Å². The predicted octanol–water partition coefficient (Wildman–Crippen LogP) is 4.51. The molecule has 0 aromatic heterocycles. The molecule has 2 aromatic rings. The molecule has 1 aliphatic heterocycles. The molecule has 5 nitrogen and oxygen atoms in total. The first-order valence-electron chi connectivity index (χ1n) is 10.6. The summed E-state index contributed by atoms with van der Waals surface area (Å²) in [7, 11) is 0. The van der Waals surface area contributed by atoms with Gasteiger partial charge in [0.15, 0.2) is 5.96 Å². The van der Waals surface area contributed by atoms with Crippen molar-refractivity contribution in [3.63, 3.8) is 0 Å². The summed E-state index contributed by atoms with van der Waals surface area (Å²) in [5.74, 6) is 1.74. The molecule has 0 radical (unpaired) electrons. The normalized spacial score (nSPS) is 15.7. The first-order chi connectivity index (χ1) is 14.3. The number of benzene rings is 2. The number of nitrogens with zero attached hydrogens (tertiary/aromatic N) is 1. The average molecular weight is 523 g/mol. The van der Waals surface area contributed by atoms with Crippen molar-refractivity contribution in [3.8, 4) is 5.75 Å². The van der Waals surface area contributed by atoms with Crippen LogP contribution >= 0.6 is 24.0 Å². The molecule has 1 fully saturated rings. The molecule has 2 aromatic carbocycles. The molecule has 1 aliphatic rings. The van der Waals surface area contributed by atoms with Crippen molar-refractivity contribution >= 4 is 29.9 Å². The zero-order valence-corrected chi connectivity index (χ0v) is 20.4. The van der Waals surface area contributed by atoms with E-state index < -0.39 is 0 Å². The van der Waals surface area contributed by atoms with Crippen LogP contribution in [0.2, 0.25) is 0 Å². The van der Waals surface area contributed by atoms with E-state index in [9.17, 15) is 0 Å². The van der Waals surface area contributed by atoms with E-state index in [-0.39, 0.29) is 29.4 Å². The summed E-state index contributed by atoms with van der Waals surface area (Å²) in [5, 5.41) is 6.97. The number of para-hydroxylation sites is 1. The van der Waals surface area contributed by atoms with E-state index in [4.69, 9.17) is 14.5 Å². The Balaban J connectivity index is 0.00000320. The SMILES string of the molecule is CCNC(=NCc1ccccc1OCC)NCC1(c2ccccc2)CCOCC1.I. The van der Waals surface area contributed by atoms with Gasteiger partial charge < -0.3 is 20.1 Å². The number of nitrogens with one attached hydrogen (secondary N) is 2. The molecule has 0 spiro atoms. The Labute approximate surface area is 197 Å². The van der Waals surface area contributed by atoms with Crippen LogP contribution in [0.5, 0.6) is 5.75 Å². The van der Waals surface area contributed by atoms with Gasteiger partial charge in [0, 0.05) is 37.3 Å². The minimum absolute atomic E-state index is 0. The molecule has 1 saturated heterocycles. The lowest BCUT2D eigenvalue weighted by Gasteiger charge is -2.38. The lowest BCUT2D eigenvalue weighted by atomic mass is 9.74. The van der Waals surface area contributed by atoms with Crippen molar-refractivity contribution in [1.82, 2.24) is 10.6 Å². The highest BCUT2D eigenvalue weighted by Crippen LogP contribution is 2.34. The van der Waals surface area contributed by atoms with E-state index in [0.717, 1.165) is 56.4 Å². The summed E-state index contributed by atoms with van der Waals surface area (Å²) >= 11 is 0. The smallest absolute Gasteiger partial charge is 0.191 e. The number of hydrogen-bond acceptors (Lipinski definition) is 3. The van der Waals surface area contributed by atoms with Gasteiger partial charge in [0.05, 0.1) is 13.2 Å². The van der Waals surface area contributed by atoms with Gasteiger partial charge in [-0.05, 0) is 38.3 Å². The Bertz CT molecular complexity index is 777. The van der Waals surface area contributed by atoms with Gasteiger partial charge in [0.1, 0.15) is 5.75 Å². The molecule has 0 unspecified atom stereocenters. The van der Waals surface area contributed by atoms with Crippen molar-refractivity contribution in [2.75, 3.05) is 32.9 Å². The Kier molecular flexibility index (Phi) is 10.4. The molecule has 0 saturated carbocycles. The van der Waals surface area contributed by atoms with Crippen LogP contribution in [-0.2, 0) is 16.7 Å². The molecule has 6 heteroatoms. The third-order valence-electron chi connectivity index (χ3n) is 5.45. The number of halogens is 1. The van der Waals surface area contributed by atoms with Crippen molar-refractivity contribution in [2.24, 2.45) is 4.99 Å². The molecule has 3 rings (SSSR count). The van der Waals surface area contributed by atoms with E-state index >= 15 is 0 Å². The second-order valence-corrected chi connectivity index (χ2v) is 7.35. The fourth-order valence-corrected chi connectivity index (χ4v) is 3.81. The van der Waals surface area contributed by atoms with Crippen LogP contribution in [0.25, 0.3) is 0 Å². The zero-order chi connectivity index (χ0) is 20.4. The first-order valence-corrected chi connectivity index (χ1v) is 10.6. The molecule has 1 heterocycles. The van der Waals surface area contributed by atoms with Crippen LogP contribution in [0.15, 0.2) is 59.6 Å². The van der Waals surface area contributed by atoms with Gasteiger partial charge in [0.2, 0.25) is 0 Å². The minimum atomic E-state index is 0. The van der Waals surface area contributed by atoms with Crippen LogP contribution in [0.1, 0.15) is 37.8 Å². The lowest BCUT2D eigenvalue weighted by Crippen LogP contribution is -2.48. The van der Waals surface area contributed by atoms with E-state index in [1.165, 1.54) is 5.56 Å². The van der Waals surface area contributed by atoms with Crippen molar-refractivity contribution in [2.45, 2.75) is 38.6 Å². The number of guanidine groups is 1. The standard InChI is InChI=1S/C24H33N3O2.HI/c1-3-25-23(26-18-20-10-8-9-13-22(20)29-4-2)27-19-24(14-16-28-17-15-24)21-11-6-5-7-12-21;/h5-13H,3-4,14-19H2,1-2H3,(H2,25,26,27);1H. The number of ether oxygens (including phenoxy) is 2. The van der Waals surface area contributed by atoms with Crippen LogP contribution < -0.4 is 15.4 Å². The van der Waals surface area contributed by atoms with Gasteiger partial charge in [-0.3, -0.25) is 0 Å². The van der Waals surface area contributed by atoms with E-state index in [1.807, 2.05) is 25.1 Å². The Morgan fingerprint density at radius 3 is 2.40 bits per heavy atom. The lowest BCUT2D eigenvalue weighted by molar-refractivity contribution is 0.0514. The van der Waals surface area contributed by atoms with E-state index in [2.05, 4.69) is 54.0 Å². The van der Waals surface area contributed by atoms with E-state index in [1.54, 1.807) is 0 Å². The first kappa shape index (κ1) is 24.5. The third-order valence-corrected chi connectivity index (χ3v) is 5.45. The van der Waals surface area contributed by atoms with Gasteiger partial charge in [-0.15, -0.1) is 24.0 Å². The molecular weight excluding hydrogens is 489 g/mol. The van der Waals surface area contributed by atoms with Gasteiger partial charge in [-0.1, -0.05) is 48.5 Å². The van der Waals surface area contributed by atoms with E-state index in [0.29, 0.717) is 13.2 Å². The van der Waals surface area contributed by atoms with Crippen molar-refractivity contribution in [1.29, 1.82) is 0 Å². The Hall–Kier alpha value is -1.80. The maximum Gasteiger partial charge on any atom is 0.191 e. The second kappa shape index (κ2) is 12.8. The molecule has 0 amide bonds. The van der Waals surface area contributed by atoms with Gasteiger partial charge in [-0.2, -0.15) is 0 Å². The van der Waals surface area contributed by atoms with Gasteiger partial charge >= 0.3 is 0 Å². The molecular formula is C24H34IN3O2. The monoisotopic (exact) mass is 523 g/mol. The highest BCUT2D eigenvalue weighted by Gasteiger charge is 2.34. The fourth-order valence-electron chi connectivity index (χ4n) is 3.81. The summed E-state index contributed by atoms with van der Waals surface area (Å²) in [6.45, 7) is 8.57. The van der Waals surface area contributed by atoms with Crippen LogP contribution in [-0.4, -0.2) is 38.9 Å². The average Bonchev–Trinajstić information content (AvgIpc) is 2.78. The summed E-state index contributed by atoms with van der Waals surface area (Å²) in [5.41, 5.74) is 2.53.